The summed E-state index contributed by atoms with van der Waals surface area (Å²) in [5.74, 6) is 0.536. The Morgan fingerprint density at radius 2 is 2.24 bits per heavy atom. The Bertz CT molecular complexity index is 335. The fourth-order valence-corrected chi connectivity index (χ4v) is 2.32. The van der Waals surface area contributed by atoms with Crippen molar-refractivity contribution in [1.29, 1.82) is 0 Å². The highest BCUT2D eigenvalue weighted by atomic mass is 16.3. The number of ketones is 1. The molecule has 2 nitrogen and oxygen atoms in total. The number of hydrogen-bond acceptors (Lipinski definition) is 2. The van der Waals surface area contributed by atoms with Gasteiger partial charge in [0, 0.05) is 5.92 Å². The van der Waals surface area contributed by atoms with Crippen molar-refractivity contribution in [2.45, 2.75) is 53.1 Å². The van der Waals surface area contributed by atoms with Crippen molar-refractivity contribution < 1.29 is 9.90 Å². The fraction of sp³-hybridized carbons (Fsp3) is 0.667. The van der Waals surface area contributed by atoms with Crippen molar-refractivity contribution in [1.82, 2.24) is 0 Å². The molecule has 1 aliphatic carbocycles. The van der Waals surface area contributed by atoms with Crippen LogP contribution in [0, 0.1) is 11.8 Å². The predicted octanol–water partition coefficient (Wildman–Crippen LogP) is 3.27. The van der Waals surface area contributed by atoms with Crippen molar-refractivity contribution in [3.63, 3.8) is 0 Å². The van der Waals surface area contributed by atoms with Gasteiger partial charge in [0.15, 0.2) is 5.78 Å². The molecule has 17 heavy (non-hydrogen) atoms. The average Bonchev–Trinajstić information content (AvgIpc) is 2.22. The lowest BCUT2D eigenvalue weighted by molar-refractivity contribution is -0.121. The third-order valence-corrected chi connectivity index (χ3v) is 3.60. The van der Waals surface area contributed by atoms with Crippen molar-refractivity contribution in [3.05, 3.63) is 23.3 Å². The highest BCUT2D eigenvalue weighted by Crippen LogP contribution is 2.29. The molecule has 1 aliphatic rings. The highest BCUT2D eigenvalue weighted by Gasteiger charge is 2.30. The lowest BCUT2D eigenvalue weighted by Gasteiger charge is -2.28. The predicted molar refractivity (Wildman–Crippen MR) is 70.7 cm³/mol. The number of aliphatic hydroxyl groups excluding tert-OH is 1. The molecule has 0 aromatic rings. The second kappa shape index (κ2) is 6.15. The minimum Gasteiger partial charge on any atom is -0.389 e. The van der Waals surface area contributed by atoms with Gasteiger partial charge in [0.1, 0.15) is 0 Å². The van der Waals surface area contributed by atoms with Crippen LogP contribution < -0.4 is 0 Å². The maximum atomic E-state index is 11.9. The summed E-state index contributed by atoms with van der Waals surface area (Å²) < 4.78 is 0. The van der Waals surface area contributed by atoms with Crippen LogP contribution in [-0.4, -0.2) is 17.0 Å². The Labute approximate surface area is 104 Å². The summed E-state index contributed by atoms with van der Waals surface area (Å²) in [5.41, 5.74) is 2.13. The lowest BCUT2D eigenvalue weighted by Crippen LogP contribution is -2.30. The van der Waals surface area contributed by atoms with Crippen LogP contribution in [0.5, 0.6) is 0 Å². The van der Waals surface area contributed by atoms with Crippen LogP contribution in [0.25, 0.3) is 0 Å². The molecule has 1 rings (SSSR count). The maximum absolute atomic E-state index is 11.9. The number of aliphatic hydroxyl groups is 1. The smallest absolute Gasteiger partial charge is 0.159 e. The molecule has 0 saturated carbocycles. The van der Waals surface area contributed by atoms with Crippen LogP contribution in [0.3, 0.4) is 0 Å². The van der Waals surface area contributed by atoms with Crippen LogP contribution in [0.1, 0.15) is 47.0 Å². The second-order valence-corrected chi connectivity index (χ2v) is 5.48. The molecule has 1 N–H and O–H groups in total. The normalized spacial score (nSPS) is 26.4. The van der Waals surface area contributed by atoms with Gasteiger partial charge < -0.3 is 5.11 Å². The molecule has 2 heteroatoms. The first-order chi connectivity index (χ1) is 7.91. The Balaban J connectivity index is 2.55. The standard InChI is InChI=1S/C15H24O2/c1-10(2)6-5-7-11(3)13-9-14(16)12(4)8-15(13)17/h6,8,11,13-14,16H,5,7,9H2,1-4H3/t11-,13+,14+/m0/s1. The van der Waals surface area contributed by atoms with E-state index in [1.807, 2.05) is 6.92 Å². The van der Waals surface area contributed by atoms with E-state index in [0.29, 0.717) is 12.3 Å². The van der Waals surface area contributed by atoms with Crippen molar-refractivity contribution >= 4 is 5.78 Å². The third kappa shape index (κ3) is 4.12. The van der Waals surface area contributed by atoms with Gasteiger partial charge in [0.2, 0.25) is 0 Å². The molecule has 0 aliphatic heterocycles. The highest BCUT2D eigenvalue weighted by molar-refractivity contribution is 5.93. The molecular weight excluding hydrogens is 212 g/mol. The van der Waals surface area contributed by atoms with Crippen LogP contribution in [0.4, 0.5) is 0 Å². The zero-order valence-electron chi connectivity index (χ0n) is 11.4. The van der Waals surface area contributed by atoms with Crippen LogP contribution >= 0.6 is 0 Å². The van der Waals surface area contributed by atoms with Crippen molar-refractivity contribution in [2.24, 2.45) is 11.8 Å². The van der Waals surface area contributed by atoms with Crippen LogP contribution in [0.2, 0.25) is 0 Å². The number of allylic oxidation sites excluding steroid dienone is 3. The van der Waals surface area contributed by atoms with E-state index >= 15 is 0 Å². The van der Waals surface area contributed by atoms with Gasteiger partial charge in [0.25, 0.3) is 0 Å². The van der Waals surface area contributed by atoms with Gasteiger partial charge in [-0.1, -0.05) is 18.6 Å². The van der Waals surface area contributed by atoms with Gasteiger partial charge in [-0.15, -0.1) is 0 Å². The van der Waals surface area contributed by atoms with Gasteiger partial charge in [-0.05, 0) is 57.6 Å². The molecule has 3 atom stereocenters. The molecule has 0 fully saturated rings. The quantitative estimate of drug-likeness (QED) is 0.761. The molecular formula is C15H24O2. The molecule has 0 radical (unpaired) electrons. The third-order valence-electron chi connectivity index (χ3n) is 3.60. The topological polar surface area (TPSA) is 37.3 Å². The number of rotatable bonds is 4. The summed E-state index contributed by atoms with van der Waals surface area (Å²) in [6.45, 7) is 8.12. The number of carbonyl (C=O) groups excluding carboxylic acids is 1. The molecule has 0 bridgehead atoms. The second-order valence-electron chi connectivity index (χ2n) is 5.48. The van der Waals surface area contributed by atoms with E-state index in [1.54, 1.807) is 6.08 Å². The van der Waals surface area contributed by atoms with Crippen molar-refractivity contribution in [3.8, 4) is 0 Å². The molecule has 0 aromatic heterocycles. The molecule has 96 valence electrons. The van der Waals surface area contributed by atoms with Gasteiger partial charge in [-0.25, -0.2) is 0 Å². The van der Waals surface area contributed by atoms with Gasteiger partial charge in [0.05, 0.1) is 6.10 Å². The first-order valence-corrected chi connectivity index (χ1v) is 6.45. The molecule has 0 amide bonds. The average molecular weight is 236 g/mol. The fourth-order valence-electron chi connectivity index (χ4n) is 2.32. The summed E-state index contributed by atoms with van der Waals surface area (Å²) in [7, 11) is 0. The Morgan fingerprint density at radius 3 is 2.82 bits per heavy atom. The van der Waals surface area contributed by atoms with Gasteiger partial charge >= 0.3 is 0 Å². The number of carbonyl (C=O) groups is 1. The zero-order valence-corrected chi connectivity index (χ0v) is 11.4. The molecule has 0 aromatic carbocycles. The molecule has 0 spiro atoms. The van der Waals surface area contributed by atoms with Gasteiger partial charge in [-0.3, -0.25) is 4.79 Å². The SMILES string of the molecule is CC(C)=CCC[C@H](C)[C@H]1C[C@@H](O)C(C)=CC1=O. The monoisotopic (exact) mass is 236 g/mol. The summed E-state index contributed by atoms with van der Waals surface area (Å²) in [6.07, 6.45) is 6.03. The van der Waals surface area contributed by atoms with E-state index in [4.69, 9.17) is 0 Å². The lowest BCUT2D eigenvalue weighted by atomic mass is 9.78. The summed E-state index contributed by atoms with van der Waals surface area (Å²) in [6, 6.07) is 0. The van der Waals surface area contributed by atoms with E-state index in [0.717, 1.165) is 18.4 Å². The molecule has 0 unspecified atom stereocenters. The zero-order chi connectivity index (χ0) is 13.0. The summed E-state index contributed by atoms with van der Waals surface area (Å²) in [4.78, 5) is 11.9. The minimum atomic E-state index is -0.427. The van der Waals surface area contributed by atoms with E-state index in [2.05, 4.69) is 26.8 Å². The Kier molecular flexibility index (Phi) is 5.13. The van der Waals surface area contributed by atoms with E-state index in [1.165, 1.54) is 5.57 Å². The maximum Gasteiger partial charge on any atom is 0.159 e. The van der Waals surface area contributed by atoms with E-state index < -0.39 is 6.10 Å². The van der Waals surface area contributed by atoms with Crippen LogP contribution in [0.15, 0.2) is 23.3 Å². The number of hydrogen-bond donors (Lipinski definition) is 1. The summed E-state index contributed by atoms with van der Waals surface area (Å²) in [5, 5.41) is 9.80. The largest absolute Gasteiger partial charge is 0.389 e. The minimum absolute atomic E-state index is 0.000683. The first kappa shape index (κ1) is 14.2. The van der Waals surface area contributed by atoms with Gasteiger partial charge in [-0.2, -0.15) is 0 Å². The molecule has 0 saturated heterocycles. The van der Waals surface area contributed by atoms with E-state index in [-0.39, 0.29) is 11.7 Å². The Morgan fingerprint density at radius 1 is 1.59 bits per heavy atom. The Hall–Kier alpha value is -0.890. The van der Waals surface area contributed by atoms with Crippen molar-refractivity contribution in [2.75, 3.05) is 0 Å². The summed E-state index contributed by atoms with van der Waals surface area (Å²) >= 11 is 0. The molecule has 0 heterocycles. The van der Waals surface area contributed by atoms with E-state index in [9.17, 15) is 9.90 Å². The van der Waals surface area contributed by atoms with Crippen LogP contribution in [-0.2, 0) is 4.79 Å². The first-order valence-electron chi connectivity index (χ1n) is 6.45.